The van der Waals surface area contributed by atoms with Gasteiger partial charge in [-0.25, -0.2) is 0 Å². The number of fused-ring (bicyclic) bond motifs is 1. The zero-order valence-corrected chi connectivity index (χ0v) is 15.4. The number of nitrogens with zero attached hydrogens (tertiary/aromatic N) is 3. The molecule has 0 bridgehead atoms. The maximum Gasteiger partial charge on any atom is 0.289 e. The predicted octanol–water partition coefficient (Wildman–Crippen LogP) is 3.75. The summed E-state index contributed by atoms with van der Waals surface area (Å²) < 4.78 is 5.82. The van der Waals surface area contributed by atoms with E-state index in [9.17, 15) is 4.79 Å². The molecule has 3 aromatic rings. The molecular weight excluding hydrogens is 350 g/mol. The molecule has 0 spiro atoms. The number of aryl methyl sites for hydroxylation is 1. The molecular formula is C20H20ClN3O2. The molecule has 6 heteroatoms. The van der Waals surface area contributed by atoms with Crippen LogP contribution in [0.25, 0.3) is 11.0 Å². The van der Waals surface area contributed by atoms with E-state index in [1.54, 1.807) is 6.07 Å². The maximum absolute atomic E-state index is 12.9. The lowest BCUT2D eigenvalue weighted by molar-refractivity contribution is 0.0599. The second-order valence-corrected chi connectivity index (χ2v) is 7.06. The van der Waals surface area contributed by atoms with Gasteiger partial charge in [0.15, 0.2) is 5.76 Å². The molecule has 1 aliphatic rings. The molecule has 0 radical (unpaired) electrons. The largest absolute Gasteiger partial charge is 0.451 e. The molecule has 0 N–H and O–H groups in total. The highest BCUT2D eigenvalue weighted by Crippen LogP contribution is 2.29. The van der Waals surface area contributed by atoms with Crippen molar-refractivity contribution in [2.75, 3.05) is 26.2 Å². The Bertz CT molecular complexity index is 931. The second kappa shape index (κ2) is 7.09. The molecule has 3 heterocycles. The quantitative estimate of drug-likeness (QED) is 0.705. The minimum atomic E-state index is -0.0432. The number of pyridine rings is 1. The molecule has 5 nitrogen and oxygen atoms in total. The van der Waals surface area contributed by atoms with Crippen LogP contribution in [0.4, 0.5) is 0 Å². The average Bonchev–Trinajstić information content (AvgIpc) is 2.99. The van der Waals surface area contributed by atoms with Crippen molar-refractivity contribution in [2.24, 2.45) is 0 Å². The van der Waals surface area contributed by atoms with Crippen LogP contribution in [0.1, 0.15) is 21.7 Å². The molecule has 2 aromatic heterocycles. The Kier molecular flexibility index (Phi) is 4.66. The summed E-state index contributed by atoms with van der Waals surface area (Å²) in [4.78, 5) is 21.2. The van der Waals surface area contributed by atoms with Crippen molar-refractivity contribution in [3.05, 3.63) is 64.6 Å². The highest BCUT2D eigenvalue weighted by molar-refractivity contribution is 6.31. The first-order valence-corrected chi connectivity index (χ1v) is 9.09. The lowest BCUT2D eigenvalue weighted by Gasteiger charge is -2.34. The normalized spacial score (nSPS) is 15.5. The van der Waals surface area contributed by atoms with Crippen LogP contribution in [-0.4, -0.2) is 46.9 Å². The molecule has 134 valence electrons. The lowest BCUT2D eigenvalue weighted by Crippen LogP contribution is -2.48. The minimum Gasteiger partial charge on any atom is -0.451 e. The number of hydrogen-bond donors (Lipinski definition) is 0. The predicted molar refractivity (Wildman–Crippen MR) is 101 cm³/mol. The number of rotatable bonds is 3. The minimum absolute atomic E-state index is 0.0432. The number of aromatic nitrogens is 1. The van der Waals surface area contributed by atoms with E-state index in [2.05, 4.69) is 9.88 Å². The van der Waals surface area contributed by atoms with Gasteiger partial charge in [-0.3, -0.25) is 14.7 Å². The van der Waals surface area contributed by atoms with Crippen molar-refractivity contribution < 1.29 is 9.21 Å². The van der Waals surface area contributed by atoms with Crippen LogP contribution in [0.3, 0.4) is 0 Å². The molecule has 0 aliphatic carbocycles. The molecule has 0 unspecified atom stereocenters. The highest BCUT2D eigenvalue weighted by Gasteiger charge is 2.26. The third kappa shape index (κ3) is 3.32. The van der Waals surface area contributed by atoms with Crippen molar-refractivity contribution in [3.8, 4) is 0 Å². The Labute approximate surface area is 157 Å². The maximum atomic E-state index is 12.9. The third-order valence-corrected chi connectivity index (χ3v) is 5.14. The molecule has 4 rings (SSSR count). The Morgan fingerprint density at radius 3 is 2.62 bits per heavy atom. The van der Waals surface area contributed by atoms with E-state index in [4.69, 9.17) is 16.0 Å². The van der Waals surface area contributed by atoms with Gasteiger partial charge in [-0.2, -0.15) is 0 Å². The van der Waals surface area contributed by atoms with Gasteiger partial charge in [0.05, 0.1) is 0 Å². The third-order valence-electron chi connectivity index (χ3n) is 4.91. The number of amides is 1. The topological polar surface area (TPSA) is 49.6 Å². The van der Waals surface area contributed by atoms with E-state index in [0.717, 1.165) is 30.6 Å². The van der Waals surface area contributed by atoms with Crippen LogP contribution >= 0.6 is 11.6 Å². The molecule has 0 atom stereocenters. The second-order valence-electron chi connectivity index (χ2n) is 6.62. The van der Waals surface area contributed by atoms with E-state index in [1.165, 1.54) is 5.56 Å². The fourth-order valence-corrected chi connectivity index (χ4v) is 3.57. The molecule has 1 aliphatic heterocycles. The molecule has 26 heavy (non-hydrogen) atoms. The highest BCUT2D eigenvalue weighted by atomic mass is 35.5. The summed E-state index contributed by atoms with van der Waals surface area (Å²) in [5.41, 5.74) is 2.79. The van der Waals surface area contributed by atoms with Crippen LogP contribution in [-0.2, 0) is 6.54 Å². The van der Waals surface area contributed by atoms with Crippen molar-refractivity contribution in [3.63, 3.8) is 0 Å². The summed E-state index contributed by atoms with van der Waals surface area (Å²) in [6.07, 6.45) is 3.62. The van der Waals surface area contributed by atoms with E-state index in [0.29, 0.717) is 29.5 Å². The number of carbonyl (C=O) groups excluding carboxylic acids is 1. The Morgan fingerprint density at radius 2 is 1.88 bits per heavy atom. The standard InChI is InChI=1S/C20H20ClN3O2/c1-14-17-12-16(21)2-3-18(17)26-19(14)20(25)24-10-8-23(9-11-24)13-15-4-6-22-7-5-15/h2-7,12H,8-11,13H2,1H3. The van der Waals surface area contributed by atoms with Gasteiger partial charge in [0.25, 0.3) is 5.91 Å². The first-order valence-electron chi connectivity index (χ1n) is 8.71. The summed E-state index contributed by atoms with van der Waals surface area (Å²) in [5, 5.41) is 1.54. The van der Waals surface area contributed by atoms with Gasteiger partial charge in [-0.1, -0.05) is 11.6 Å². The summed E-state index contributed by atoms with van der Waals surface area (Å²) >= 11 is 6.06. The number of piperazine rings is 1. The molecule has 1 aromatic carbocycles. The summed E-state index contributed by atoms with van der Waals surface area (Å²) in [7, 11) is 0. The monoisotopic (exact) mass is 369 g/mol. The van der Waals surface area contributed by atoms with Gasteiger partial charge in [0.2, 0.25) is 0 Å². The Balaban J connectivity index is 1.44. The zero-order valence-electron chi connectivity index (χ0n) is 14.6. The van der Waals surface area contributed by atoms with Gasteiger partial charge in [0, 0.05) is 61.1 Å². The van der Waals surface area contributed by atoms with Crippen molar-refractivity contribution in [1.29, 1.82) is 0 Å². The SMILES string of the molecule is Cc1c(C(=O)N2CCN(Cc3ccncc3)CC2)oc2ccc(Cl)cc12. The van der Waals surface area contributed by atoms with Crippen LogP contribution in [0, 0.1) is 6.92 Å². The van der Waals surface area contributed by atoms with Gasteiger partial charge in [-0.05, 0) is 42.8 Å². The number of furan rings is 1. The molecule has 1 amide bonds. The van der Waals surface area contributed by atoms with Crippen molar-refractivity contribution in [1.82, 2.24) is 14.8 Å². The van der Waals surface area contributed by atoms with Crippen LogP contribution < -0.4 is 0 Å². The summed E-state index contributed by atoms with van der Waals surface area (Å²) in [6, 6.07) is 9.49. The average molecular weight is 370 g/mol. The van der Waals surface area contributed by atoms with Gasteiger partial charge in [0.1, 0.15) is 5.58 Å². The van der Waals surface area contributed by atoms with E-state index >= 15 is 0 Å². The van der Waals surface area contributed by atoms with E-state index < -0.39 is 0 Å². The van der Waals surface area contributed by atoms with Gasteiger partial charge in [-0.15, -0.1) is 0 Å². The van der Waals surface area contributed by atoms with E-state index in [1.807, 2.05) is 48.5 Å². The van der Waals surface area contributed by atoms with Crippen LogP contribution in [0.5, 0.6) is 0 Å². The van der Waals surface area contributed by atoms with Crippen LogP contribution in [0.2, 0.25) is 5.02 Å². The van der Waals surface area contributed by atoms with Gasteiger partial charge >= 0.3 is 0 Å². The molecule has 0 saturated carbocycles. The fourth-order valence-electron chi connectivity index (χ4n) is 3.40. The van der Waals surface area contributed by atoms with Crippen LogP contribution in [0.15, 0.2) is 47.1 Å². The van der Waals surface area contributed by atoms with Crippen molar-refractivity contribution >= 4 is 28.5 Å². The lowest BCUT2D eigenvalue weighted by atomic mass is 10.1. The first kappa shape index (κ1) is 17.1. The number of carbonyl (C=O) groups is 1. The summed E-state index contributed by atoms with van der Waals surface area (Å²) in [5.74, 6) is 0.378. The Morgan fingerprint density at radius 1 is 1.15 bits per heavy atom. The molecule has 1 fully saturated rings. The number of halogens is 1. The first-order chi connectivity index (χ1) is 12.6. The van der Waals surface area contributed by atoms with E-state index in [-0.39, 0.29) is 5.91 Å². The number of benzene rings is 1. The zero-order chi connectivity index (χ0) is 18.1. The smallest absolute Gasteiger partial charge is 0.289 e. The fraction of sp³-hybridized carbons (Fsp3) is 0.300. The Hall–Kier alpha value is -2.37. The van der Waals surface area contributed by atoms with Gasteiger partial charge < -0.3 is 9.32 Å². The number of hydrogen-bond acceptors (Lipinski definition) is 4. The molecule has 1 saturated heterocycles. The summed E-state index contributed by atoms with van der Waals surface area (Å²) in [6.45, 7) is 5.88. The van der Waals surface area contributed by atoms with Crippen molar-refractivity contribution in [2.45, 2.75) is 13.5 Å².